The minimum Gasteiger partial charge on any atom is -0.495 e. The van der Waals surface area contributed by atoms with Crippen molar-refractivity contribution >= 4 is 23.7 Å². The molecule has 32 heavy (non-hydrogen) atoms. The van der Waals surface area contributed by atoms with Gasteiger partial charge in [-0.25, -0.2) is 0 Å². The lowest BCUT2D eigenvalue weighted by atomic mass is 9.96. The van der Waals surface area contributed by atoms with Crippen LogP contribution in [0.2, 0.25) is 0 Å². The van der Waals surface area contributed by atoms with Gasteiger partial charge in [0, 0.05) is 5.92 Å². The van der Waals surface area contributed by atoms with Crippen LogP contribution in [-0.4, -0.2) is 59.4 Å². The van der Waals surface area contributed by atoms with Crippen molar-refractivity contribution in [2.75, 3.05) is 53.9 Å². The van der Waals surface area contributed by atoms with Crippen LogP contribution >= 0.6 is 0 Å². The van der Waals surface area contributed by atoms with Gasteiger partial charge in [0.05, 0.1) is 34.1 Å². The van der Waals surface area contributed by atoms with Crippen molar-refractivity contribution in [1.29, 1.82) is 0 Å². The molecule has 0 radical (unpaired) electrons. The molecule has 1 aliphatic rings. The molecule has 1 saturated heterocycles. The molecule has 172 valence electrons. The van der Waals surface area contributed by atoms with Crippen molar-refractivity contribution in [3.05, 3.63) is 41.5 Å². The number of carbonyl (C=O) groups is 1. The predicted octanol–water partition coefficient (Wildman–Crippen LogP) is 4.17. The van der Waals surface area contributed by atoms with Crippen LogP contribution in [-0.2, 0) is 4.79 Å². The number of hydrogen-bond acceptors (Lipinski definition) is 6. The molecule has 0 bridgehead atoms. The van der Waals surface area contributed by atoms with Crippen LogP contribution in [0, 0.1) is 5.92 Å². The Morgan fingerprint density at radius 2 is 1.47 bits per heavy atom. The van der Waals surface area contributed by atoms with E-state index >= 15 is 0 Å². The van der Waals surface area contributed by atoms with Gasteiger partial charge in [0.25, 0.3) is 0 Å². The molecular formula is C25H32N2O5. The number of piperidine rings is 1. The molecule has 1 N–H and O–H groups in total. The normalized spacial score (nSPS) is 14.9. The molecule has 2 aromatic carbocycles. The minimum atomic E-state index is 0.0225. The van der Waals surface area contributed by atoms with Gasteiger partial charge in [-0.15, -0.1) is 0 Å². The lowest BCUT2D eigenvalue weighted by Crippen LogP contribution is -2.35. The zero-order valence-electron chi connectivity index (χ0n) is 19.4. The van der Waals surface area contributed by atoms with Gasteiger partial charge in [0.1, 0.15) is 5.75 Å². The average Bonchev–Trinajstić information content (AvgIpc) is 2.82. The van der Waals surface area contributed by atoms with Gasteiger partial charge in [-0.3, -0.25) is 4.79 Å². The van der Waals surface area contributed by atoms with E-state index in [1.165, 1.54) is 0 Å². The first-order valence-electron chi connectivity index (χ1n) is 10.6. The van der Waals surface area contributed by atoms with E-state index in [4.69, 9.17) is 18.9 Å². The second-order valence-electron chi connectivity index (χ2n) is 7.82. The van der Waals surface area contributed by atoms with Gasteiger partial charge in [0.2, 0.25) is 11.7 Å². The Hall–Kier alpha value is -3.19. The maximum atomic E-state index is 12.8. The van der Waals surface area contributed by atoms with Gasteiger partial charge in [0.15, 0.2) is 11.5 Å². The maximum Gasteiger partial charge on any atom is 0.227 e. The summed E-state index contributed by atoms with van der Waals surface area (Å²) in [6, 6.07) is 9.48. The molecule has 0 saturated carbocycles. The summed E-state index contributed by atoms with van der Waals surface area (Å²) in [4.78, 5) is 15.0. The molecule has 0 atom stereocenters. The van der Waals surface area contributed by atoms with Crippen LogP contribution in [0.15, 0.2) is 30.3 Å². The van der Waals surface area contributed by atoms with E-state index in [0.717, 1.165) is 37.1 Å². The summed E-state index contributed by atoms with van der Waals surface area (Å²) in [5.41, 5.74) is 2.49. The lowest BCUT2D eigenvalue weighted by molar-refractivity contribution is -0.121. The first kappa shape index (κ1) is 23.5. The Bertz CT molecular complexity index is 940. The standard InChI is InChI=1S/C25H32N2O5/c1-27-12-10-19(11-13-27)25(28)26-20-14-17(8-9-21(20)29-2)6-7-18-15-22(30-3)24(32-5)23(16-18)31-4/h6-9,14-16,19H,10-13H2,1-5H3,(H,26,28). The van der Waals surface area contributed by atoms with Crippen LogP contribution in [0.4, 0.5) is 5.69 Å². The van der Waals surface area contributed by atoms with Crippen molar-refractivity contribution in [1.82, 2.24) is 4.90 Å². The van der Waals surface area contributed by atoms with E-state index in [2.05, 4.69) is 17.3 Å². The maximum absolute atomic E-state index is 12.8. The Morgan fingerprint density at radius 3 is 2.03 bits per heavy atom. The zero-order valence-corrected chi connectivity index (χ0v) is 19.4. The van der Waals surface area contributed by atoms with Crippen molar-refractivity contribution in [3.8, 4) is 23.0 Å². The summed E-state index contributed by atoms with van der Waals surface area (Å²) in [6.07, 6.45) is 5.65. The predicted molar refractivity (Wildman–Crippen MR) is 127 cm³/mol. The van der Waals surface area contributed by atoms with Crippen molar-refractivity contribution in [2.24, 2.45) is 5.92 Å². The van der Waals surface area contributed by atoms with Crippen LogP contribution < -0.4 is 24.3 Å². The highest BCUT2D eigenvalue weighted by Gasteiger charge is 2.24. The van der Waals surface area contributed by atoms with Gasteiger partial charge in [-0.05, 0) is 68.4 Å². The molecular weight excluding hydrogens is 408 g/mol. The third-order valence-corrected chi connectivity index (χ3v) is 5.73. The number of benzene rings is 2. The lowest BCUT2D eigenvalue weighted by Gasteiger charge is -2.28. The number of rotatable bonds is 8. The average molecular weight is 441 g/mol. The number of nitrogens with zero attached hydrogens (tertiary/aromatic N) is 1. The molecule has 0 aromatic heterocycles. The van der Waals surface area contributed by atoms with E-state index in [1.807, 2.05) is 42.5 Å². The van der Waals surface area contributed by atoms with E-state index in [-0.39, 0.29) is 11.8 Å². The molecule has 7 nitrogen and oxygen atoms in total. The Balaban J connectivity index is 1.80. The quantitative estimate of drug-likeness (QED) is 0.622. The van der Waals surface area contributed by atoms with Gasteiger partial charge < -0.3 is 29.2 Å². The Labute approximate surface area is 189 Å². The highest BCUT2D eigenvalue weighted by molar-refractivity contribution is 5.94. The minimum absolute atomic E-state index is 0.0225. The number of anilines is 1. The van der Waals surface area contributed by atoms with Crippen LogP contribution in [0.3, 0.4) is 0 Å². The Morgan fingerprint density at radius 1 is 0.875 bits per heavy atom. The van der Waals surface area contributed by atoms with Crippen LogP contribution in [0.25, 0.3) is 12.2 Å². The summed E-state index contributed by atoms with van der Waals surface area (Å²) < 4.78 is 21.7. The largest absolute Gasteiger partial charge is 0.495 e. The monoisotopic (exact) mass is 440 g/mol. The van der Waals surface area contributed by atoms with Crippen molar-refractivity contribution in [2.45, 2.75) is 12.8 Å². The summed E-state index contributed by atoms with van der Waals surface area (Å²) in [5.74, 6) is 2.43. The summed E-state index contributed by atoms with van der Waals surface area (Å²) in [7, 11) is 8.45. The first-order valence-corrected chi connectivity index (χ1v) is 10.6. The number of nitrogens with one attached hydrogen (secondary N) is 1. The number of hydrogen-bond donors (Lipinski definition) is 1. The molecule has 7 heteroatoms. The summed E-state index contributed by atoms with van der Waals surface area (Å²) in [5, 5.41) is 3.06. The molecule has 1 fully saturated rings. The first-order chi connectivity index (χ1) is 15.5. The zero-order chi connectivity index (χ0) is 23.1. The van der Waals surface area contributed by atoms with E-state index in [9.17, 15) is 4.79 Å². The number of amides is 1. The fourth-order valence-corrected chi connectivity index (χ4v) is 3.82. The molecule has 0 unspecified atom stereocenters. The van der Waals surface area contributed by atoms with Gasteiger partial charge in [-0.2, -0.15) is 0 Å². The Kier molecular flexibility index (Phi) is 8.00. The summed E-state index contributed by atoms with van der Waals surface area (Å²) >= 11 is 0. The second-order valence-corrected chi connectivity index (χ2v) is 7.82. The number of likely N-dealkylation sites (tertiary alicyclic amines) is 1. The van der Waals surface area contributed by atoms with Crippen LogP contribution in [0.5, 0.6) is 23.0 Å². The number of carbonyl (C=O) groups excluding carboxylic acids is 1. The van der Waals surface area contributed by atoms with Crippen molar-refractivity contribution in [3.63, 3.8) is 0 Å². The third-order valence-electron chi connectivity index (χ3n) is 5.73. The smallest absolute Gasteiger partial charge is 0.227 e. The van der Waals surface area contributed by atoms with Crippen LogP contribution in [0.1, 0.15) is 24.0 Å². The second kappa shape index (κ2) is 10.9. The van der Waals surface area contributed by atoms with Gasteiger partial charge in [-0.1, -0.05) is 18.2 Å². The van der Waals surface area contributed by atoms with E-state index < -0.39 is 0 Å². The molecule has 0 spiro atoms. The highest BCUT2D eigenvalue weighted by atomic mass is 16.5. The molecule has 0 aliphatic carbocycles. The van der Waals surface area contributed by atoms with E-state index in [1.54, 1.807) is 28.4 Å². The highest BCUT2D eigenvalue weighted by Crippen LogP contribution is 2.38. The SMILES string of the molecule is COc1ccc(C=Cc2cc(OC)c(OC)c(OC)c2)cc1NC(=O)C1CCN(C)CC1. The number of methoxy groups -OCH3 is 4. The molecule has 1 aliphatic heterocycles. The molecule has 2 aromatic rings. The van der Waals surface area contributed by atoms with Gasteiger partial charge >= 0.3 is 0 Å². The topological polar surface area (TPSA) is 69.3 Å². The third kappa shape index (κ3) is 5.53. The summed E-state index contributed by atoms with van der Waals surface area (Å²) in [6.45, 7) is 1.87. The fraction of sp³-hybridized carbons (Fsp3) is 0.400. The van der Waals surface area contributed by atoms with Crippen molar-refractivity contribution < 1.29 is 23.7 Å². The fourth-order valence-electron chi connectivity index (χ4n) is 3.82. The van der Waals surface area contributed by atoms with E-state index in [0.29, 0.717) is 28.7 Å². The molecule has 3 rings (SSSR count). The number of ether oxygens (including phenoxy) is 4. The molecule has 1 amide bonds. The molecule has 1 heterocycles.